The lowest BCUT2D eigenvalue weighted by Gasteiger charge is -2.25. The van der Waals surface area contributed by atoms with Gasteiger partial charge in [0.2, 0.25) is 0 Å². The summed E-state index contributed by atoms with van der Waals surface area (Å²) in [7, 11) is 0. The molecule has 2 atom stereocenters. The fraction of sp³-hybridized carbons (Fsp3) is 0.900. The van der Waals surface area contributed by atoms with Crippen molar-refractivity contribution in [2.75, 3.05) is 19.6 Å². The lowest BCUT2D eigenvalue weighted by Crippen LogP contribution is -2.42. The van der Waals surface area contributed by atoms with E-state index in [4.69, 9.17) is 0 Å². The van der Waals surface area contributed by atoms with Crippen molar-refractivity contribution < 1.29 is 0 Å². The quantitative estimate of drug-likeness (QED) is 0.596. The topological polar surface area (TPSA) is 27.6 Å². The van der Waals surface area contributed by atoms with E-state index in [-0.39, 0.29) is 0 Å². The highest BCUT2D eigenvalue weighted by Crippen LogP contribution is 2.37. The van der Waals surface area contributed by atoms with Gasteiger partial charge in [-0.15, -0.1) is 0 Å². The first-order chi connectivity index (χ1) is 6.45. The molecule has 3 rings (SSSR count). The van der Waals surface area contributed by atoms with Gasteiger partial charge < -0.3 is 10.2 Å². The SMILES string of the molecule is C1CC2CCN(C3=NCCN3)C2C1. The van der Waals surface area contributed by atoms with E-state index < -0.39 is 0 Å². The minimum absolute atomic E-state index is 0.823. The Hall–Kier alpha value is -0.730. The number of nitrogens with zero attached hydrogens (tertiary/aromatic N) is 2. The van der Waals surface area contributed by atoms with Crippen LogP contribution in [-0.4, -0.2) is 36.5 Å². The molecule has 2 heterocycles. The predicted octanol–water partition coefficient (Wildman–Crippen LogP) is 0.820. The Morgan fingerprint density at radius 1 is 1.31 bits per heavy atom. The van der Waals surface area contributed by atoms with E-state index in [2.05, 4.69) is 15.2 Å². The molecular formula is C10H17N3. The molecule has 1 N–H and O–H groups in total. The number of hydrogen-bond donors (Lipinski definition) is 1. The van der Waals surface area contributed by atoms with Crippen molar-refractivity contribution in [2.24, 2.45) is 10.9 Å². The third-order valence-electron chi connectivity index (χ3n) is 3.69. The summed E-state index contributed by atoms with van der Waals surface area (Å²) in [5.74, 6) is 2.17. The molecule has 2 aliphatic heterocycles. The first-order valence-electron chi connectivity index (χ1n) is 5.50. The minimum atomic E-state index is 0.823. The Balaban J connectivity index is 1.77. The van der Waals surface area contributed by atoms with Gasteiger partial charge in [-0.1, -0.05) is 6.42 Å². The minimum Gasteiger partial charge on any atom is -0.354 e. The van der Waals surface area contributed by atoms with E-state index in [0.717, 1.165) is 25.0 Å². The first-order valence-corrected chi connectivity index (χ1v) is 5.50. The maximum atomic E-state index is 4.51. The molecule has 13 heavy (non-hydrogen) atoms. The van der Waals surface area contributed by atoms with Crippen molar-refractivity contribution in [1.82, 2.24) is 10.2 Å². The molecule has 3 nitrogen and oxygen atoms in total. The summed E-state index contributed by atoms with van der Waals surface area (Å²) in [5, 5.41) is 3.39. The second-order valence-corrected chi connectivity index (χ2v) is 4.37. The first kappa shape index (κ1) is 7.65. The number of nitrogens with one attached hydrogen (secondary N) is 1. The van der Waals surface area contributed by atoms with Gasteiger partial charge in [-0.3, -0.25) is 4.99 Å². The van der Waals surface area contributed by atoms with Gasteiger partial charge in [-0.05, 0) is 25.2 Å². The molecular weight excluding hydrogens is 162 g/mol. The summed E-state index contributed by atoms with van der Waals surface area (Å²) in [6.07, 6.45) is 5.67. The van der Waals surface area contributed by atoms with Crippen LogP contribution >= 0.6 is 0 Å². The molecule has 3 aliphatic rings. The molecule has 1 aliphatic carbocycles. The smallest absolute Gasteiger partial charge is 0.194 e. The average molecular weight is 179 g/mol. The van der Waals surface area contributed by atoms with Crippen LogP contribution in [0.15, 0.2) is 4.99 Å². The molecule has 1 saturated heterocycles. The highest BCUT2D eigenvalue weighted by molar-refractivity contribution is 5.82. The van der Waals surface area contributed by atoms with Crippen molar-refractivity contribution in [3.8, 4) is 0 Å². The van der Waals surface area contributed by atoms with E-state index in [1.807, 2.05) is 0 Å². The molecule has 0 amide bonds. The number of aliphatic imine (C=N–C) groups is 1. The van der Waals surface area contributed by atoms with Crippen LogP contribution in [0.3, 0.4) is 0 Å². The number of hydrogen-bond acceptors (Lipinski definition) is 3. The summed E-state index contributed by atoms with van der Waals surface area (Å²) in [6.45, 7) is 3.26. The zero-order valence-electron chi connectivity index (χ0n) is 8.00. The van der Waals surface area contributed by atoms with E-state index in [1.54, 1.807) is 0 Å². The summed E-state index contributed by atoms with van der Waals surface area (Å²) in [5.41, 5.74) is 0. The summed E-state index contributed by atoms with van der Waals surface area (Å²) in [6, 6.07) is 0.823. The second-order valence-electron chi connectivity index (χ2n) is 4.37. The van der Waals surface area contributed by atoms with Crippen LogP contribution in [0.4, 0.5) is 0 Å². The van der Waals surface area contributed by atoms with Crippen LogP contribution < -0.4 is 5.32 Å². The molecule has 2 unspecified atom stereocenters. The van der Waals surface area contributed by atoms with Crippen molar-refractivity contribution >= 4 is 5.96 Å². The zero-order valence-corrected chi connectivity index (χ0v) is 8.00. The van der Waals surface area contributed by atoms with E-state index in [0.29, 0.717) is 0 Å². The van der Waals surface area contributed by atoms with Crippen LogP contribution in [0, 0.1) is 5.92 Å². The molecule has 72 valence electrons. The van der Waals surface area contributed by atoms with Crippen molar-refractivity contribution in [3.63, 3.8) is 0 Å². The number of guanidine groups is 1. The fourth-order valence-corrected chi connectivity index (χ4v) is 3.08. The van der Waals surface area contributed by atoms with Gasteiger partial charge in [-0.2, -0.15) is 0 Å². The molecule has 1 saturated carbocycles. The Morgan fingerprint density at radius 2 is 2.31 bits per heavy atom. The normalized spacial score (nSPS) is 37.5. The van der Waals surface area contributed by atoms with Gasteiger partial charge in [0.05, 0.1) is 6.54 Å². The molecule has 0 aromatic rings. The van der Waals surface area contributed by atoms with Gasteiger partial charge in [0.25, 0.3) is 0 Å². The molecule has 0 aromatic heterocycles. The second kappa shape index (κ2) is 2.89. The van der Waals surface area contributed by atoms with Crippen LogP contribution in [0.1, 0.15) is 25.7 Å². The Labute approximate surface area is 79.2 Å². The molecule has 0 bridgehead atoms. The third kappa shape index (κ3) is 1.13. The van der Waals surface area contributed by atoms with Crippen LogP contribution in [-0.2, 0) is 0 Å². The Kier molecular flexibility index (Phi) is 1.70. The molecule has 0 aromatic carbocycles. The van der Waals surface area contributed by atoms with Gasteiger partial charge in [0, 0.05) is 19.1 Å². The molecule has 3 heteroatoms. The highest BCUT2D eigenvalue weighted by atomic mass is 15.4. The van der Waals surface area contributed by atoms with Crippen molar-refractivity contribution in [1.29, 1.82) is 0 Å². The largest absolute Gasteiger partial charge is 0.354 e. The summed E-state index contributed by atoms with van der Waals surface area (Å²) < 4.78 is 0. The van der Waals surface area contributed by atoms with Gasteiger partial charge in [0.1, 0.15) is 0 Å². The van der Waals surface area contributed by atoms with Crippen molar-refractivity contribution in [2.45, 2.75) is 31.7 Å². The third-order valence-corrected chi connectivity index (χ3v) is 3.69. The summed E-state index contributed by atoms with van der Waals surface area (Å²) in [4.78, 5) is 7.03. The number of fused-ring (bicyclic) bond motifs is 1. The Morgan fingerprint density at radius 3 is 3.15 bits per heavy atom. The summed E-state index contributed by atoms with van der Waals surface area (Å²) >= 11 is 0. The lowest BCUT2D eigenvalue weighted by atomic mass is 10.1. The highest BCUT2D eigenvalue weighted by Gasteiger charge is 2.39. The van der Waals surface area contributed by atoms with Crippen LogP contribution in [0.2, 0.25) is 0 Å². The number of likely N-dealkylation sites (tertiary alicyclic amines) is 1. The fourth-order valence-electron chi connectivity index (χ4n) is 3.08. The van der Waals surface area contributed by atoms with Crippen molar-refractivity contribution in [3.05, 3.63) is 0 Å². The maximum Gasteiger partial charge on any atom is 0.194 e. The Bertz CT molecular complexity index is 236. The molecule has 2 fully saturated rings. The average Bonchev–Trinajstić information content (AvgIpc) is 2.79. The number of rotatable bonds is 0. The van der Waals surface area contributed by atoms with Gasteiger partial charge in [-0.25, -0.2) is 0 Å². The van der Waals surface area contributed by atoms with Gasteiger partial charge >= 0.3 is 0 Å². The zero-order chi connectivity index (χ0) is 8.67. The van der Waals surface area contributed by atoms with Gasteiger partial charge in [0.15, 0.2) is 5.96 Å². The monoisotopic (exact) mass is 179 g/mol. The standard InChI is InChI=1S/C10H17N3/c1-2-8-4-7-13(9(8)3-1)10-11-5-6-12-10/h8-9H,1-7H2,(H,11,12). The lowest BCUT2D eigenvalue weighted by molar-refractivity contribution is 0.357. The van der Waals surface area contributed by atoms with E-state index in [1.165, 1.54) is 38.2 Å². The molecule has 0 radical (unpaired) electrons. The maximum absolute atomic E-state index is 4.51. The van der Waals surface area contributed by atoms with E-state index in [9.17, 15) is 0 Å². The predicted molar refractivity (Wildman–Crippen MR) is 52.8 cm³/mol. The van der Waals surface area contributed by atoms with E-state index >= 15 is 0 Å². The van der Waals surface area contributed by atoms with Crippen LogP contribution in [0.5, 0.6) is 0 Å². The molecule has 0 spiro atoms. The van der Waals surface area contributed by atoms with Crippen LogP contribution in [0.25, 0.3) is 0 Å².